The summed E-state index contributed by atoms with van der Waals surface area (Å²) in [5.74, 6) is 0. The number of nitrogens with zero attached hydrogens (tertiary/aromatic N) is 1. The van der Waals surface area contributed by atoms with Crippen LogP contribution in [0.15, 0.2) is 18.2 Å². The first-order valence-electron chi connectivity index (χ1n) is 6.27. The van der Waals surface area contributed by atoms with Gasteiger partial charge in [0.05, 0.1) is 23.3 Å². The summed E-state index contributed by atoms with van der Waals surface area (Å²) < 4.78 is 85.9. The lowest BCUT2D eigenvalue weighted by Gasteiger charge is -2.24. The van der Waals surface area contributed by atoms with Gasteiger partial charge in [0.2, 0.25) is 0 Å². The molecule has 0 N–H and O–H groups in total. The molecule has 1 aromatic rings. The van der Waals surface area contributed by atoms with Gasteiger partial charge in [-0.1, -0.05) is 0 Å². The van der Waals surface area contributed by atoms with E-state index in [0.29, 0.717) is 12.1 Å². The number of rotatable bonds is 5. The van der Waals surface area contributed by atoms with Crippen LogP contribution in [0.1, 0.15) is 29.2 Å². The topological polar surface area (TPSA) is 42.2 Å². The molecule has 0 bridgehead atoms. The van der Waals surface area contributed by atoms with Crippen molar-refractivity contribution in [2.45, 2.75) is 31.0 Å². The van der Waals surface area contributed by atoms with E-state index < -0.39 is 36.5 Å². The quantitative estimate of drug-likeness (QED) is 0.753. The first kappa shape index (κ1) is 19.3. The molecular weight excluding hydrogens is 328 g/mol. The maximum atomic E-state index is 12.8. The molecule has 0 saturated carbocycles. The molecule has 9 heteroatoms. The molecule has 128 valence electrons. The molecule has 2 atom stereocenters. The van der Waals surface area contributed by atoms with E-state index in [-0.39, 0.29) is 11.1 Å². The van der Waals surface area contributed by atoms with Gasteiger partial charge in [0.15, 0.2) is 6.10 Å². The Morgan fingerprint density at radius 2 is 1.65 bits per heavy atom. The Bertz CT molecular complexity index is 576. The molecule has 23 heavy (non-hydrogen) atoms. The first-order chi connectivity index (χ1) is 10.5. The second-order valence-electron chi connectivity index (χ2n) is 4.68. The van der Waals surface area contributed by atoms with Crippen molar-refractivity contribution in [3.8, 4) is 6.07 Å². The second-order valence-corrected chi connectivity index (χ2v) is 4.68. The molecule has 0 heterocycles. The molecule has 0 aliphatic rings. The lowest BCUT2D eigenvalue weighted by atomic mass is 9.98. The summed E-state index contributed by atoms with van der Waals surface area (Å²) in [6, 6.07) is 3.89. The first-order valence-corrected chi connectivity index (χ1v) is 6.27. The minimum atomic E-state index is -4.73. The van der Waals surface area contributed by atoms with Gasteiger partial charge in [-0.15, -0.1) is 0 Å². The zero-order chi connectivity index (χ0) is 17.8. The zero-order valence-corrected chi connectivity index (χ0v) is 12.1. The smallest absolute Gasteiger partial charge is 0.377 e. The van der Waals surface area contributed by atoms with E-state index in [1.165, 1.54) is 0 Å². The molecule has 1 aromatic carbocycles. The summed E-state index contributed by atoms with van der Waals surface area (Å²) in [5, 5.41) is 8.80. The Morgan fingerprint density at radius 3 is 2.04 bits per heavy atom. The lowest BCUT2D eigenvalue weighted by Crippen LogP contribution is -2.32. The third-order valence-corrected chi connectivity index (χ3v) is 3.15. The Labute approximate surface area is 128 Å². The lowest BCUT2D eigenvalue weighted by molar-refractivity contribution is -0.221. The zero-order valence-electron chi connectivity index (χ0n) is 12.1. The van der Waals surface area contributed by atoms with Crippen molar-refractivity contribution in [3.05, 3.63) is 34.9 Å². The van der Waals surface area contributed by atoms with Gasteiger partial charge in [-0.2, -0.15) is 31.6 Å². The van der Waals surface area contributed by atoms with E-state index >= 15 is 0 Å². The van der Waals surface area contributed by atoms with Crippen LogP contribution in [0.5, 0.6) is 0 Å². The largest absolute Gasteiger partial charge is 0.416 e. The van der Waals surface area contributed by atoms with Gasteiger partial charge in [0, 0.05) is 20.6 Å². The van der Waals surface area contributed by atoms with Gasteiger partial charge in [-0.05, 0) is 23.8 Å². The molecule has 0 saturated heterocycles. The summed E-state index contributed by atoms with van der Waals surface area (Å²) in [4.78, 5) is 0. The molecule has 0 fully saturated rings. The van der Waals surface area contributed by atoms with Crippen molar-refractivity contribution in [1.82, 2.24) is 0 Å². The third-order valence-electron chi connectivity index (χ3n) is 3.15. The highest BCUT2D eigenvalue weighted by atomic mass is 19.4. The average Bonchev–Trinajstić information content (AvgIpc) is 2.45. The molecule has 3 nitrogen and oxygen atoms in total. The molecule has 0 radical (unpaired) electrons. The van der Waals surface area contributed by atoms with Crippen molar-refractivity contribution in [2.75, 3.05) is 14.2 Å². The number of hydrogen-bond donors (Lipinski definition) is 0. The summed E-state index contributed by atoms with van der Waals surface area (Å²) in [5.41, 5.74) is -1.63. The van der Waals surface area contributed by atoms with Gasteiger partial charge in [-0.3, -0.25) is 0 Å². The number of nitriles is 1. The van der Waals surface area contributed by atoms with Crippen LogP contribution in [0.2, 0.25) is 0 Å². The van der Waals surface area contributed by atoms with Gasteiger partial charge >= 0.3 is 12.4 Å². The van der Waals surface area contributed by atoms with E-state index in [1.807, 2.05) is 0 Å². The minimum absolute atomic E-state index is 0.176. The maximum Gasteiger partial charge on any atom is 0.416 e. The van der Waals surface area contributed by atoms with Crippen LogP contribution >= 0.6 is 0 Å². The molecule has 0 aliphatic heterocycles. The Balaban J connectivity index is 3.23. The van der Waals surface area contributed by atoms with E-state index in [9.17, 15) is 26.3 Å². The van der Waals surface area contributed by atoms with E-state index in [1.54, 1.807) is 6.07 Å². The monoisotopic (exact) mass is 341 g/mol. The highest BCUT2D eigenvalue weighted by Gasteiger charge is 2.42. The second kappa shape index (κ2) is 7.19. The SMILES string of the molecule is COC(CC(OC)C(F)(F)F)c1cc(C#N)cc(C(F)(F)F)c1. The normalized spacial score (nSPS) is 15.1. The van der Waals surface area contributed by atoms with Gasteiger partial charge in [0.25, 0.3) is 0 Å². The number of hydrogen-bond acceptors (Lipinski definition) is 3. The van der Waals surface area contributed by atoms with Crippen LogP contribution in [0.4, 0.5) is 26.3 Å². The minimum Gasteiger partial charge on any atom is -0.377 e. The fourth-order valence-corrected chi connectivity index (χ4v) is 1.99. The molecular formula is C14H13F6NO2. The van der Waals surface area contributed by atoms with E-state index in [0.717, 1.165) is 20.3 Å². The predicted molar refractivity (Wildman–Crippen MR) is 67.4 cm³/mol. The molecule has 0 amide bonds. The number of halogens is 6. The van der Waals surface area contributed by atoms with E-state index in [4.69, 9.17) is 10.00 Å². The molecule has 2 unspecified atom stereocenters. The van der Waals surface area contributed by atoms with Gasteiger partial charge in [-0.25, -0.2) is 0 Å². The van der Waals surface area contributed by atoms with Crippen molar-refractivity contribution in [3.63, 3.8) is 0 Å². The Hall–Kier alpha value is -1.79. The third kappa shape index (κ3) is 5.11. The summed E-state index contributed by atoms with van der Waals surface area (Å²) in [6.45, 7) is 0. The average molecular weight is 341 g/mol. The van der Waals surface area contributed by atoms with Crippen LogP contribution in [0.3, 0.4) is 0 Å². The number of ether oxygens (including phenoxy) is 2. The fourth-order valence-electron chi connectivity index (χ4n) is 1.99. The highest BCUT2D eigenvalue weighted by molar-refractivity contribution is 5.39. The predicted octanol–water partition coefficient (Wildman–Crippen LogP) is 4.23. The molecule has 0 aliphatic carbocycles. The summed E-state index contributed by atoms with van der Waals surface area (Å²) >= 11 is 0. The number of alkyl halides is 6. The van der Waals surface area contributed by atoms with Crippen molar-refractivity contribution >= 4 is 0 Å². The maximum absolute atomic E-state index is 12.8. The van der Waals surface area contributed by atoms with Crippen LogP contribution < -0.4 is 0 Å². The number of benzene rings is 1. The van der Waals surface area contributed by atoms with Crippen LogP contribution in [0.25, 0.3) is 0 Å². The molecule has 0 aromatic heterocycles. The van der Waals surface area contributed by atoms with Crippen LogP contribution in [0, 0.1) is 11.3 Å². The highest BCUT2D eigenvalue weighted by Crippen LogP contribution is 2.36. The summed E-state index contributed by atoms with van der Waals surface area (Å²) in [6.07, 6.45) is -13.7. The molecule has 1 rings (SSSR count). The van der Waals surface area contributed by atoms with Gasteiger partial charge < -0.3 is 9.47 Å². The Morgan fingerprint density at radius 1 is 1.04 bits per heavy atom. The van der Waals surface area contributed by atoms with Gasteiger partial charge in [0.1, 0.15) is 0 Å². The van der Waals surface area contributed by atoms with E-state index in [2.05, 4.69) is 4.74 Å². The number of methoxy groups -OCH3 is 2. The van der Waals surface area contributed by atoms with Crippen LogP contribution in [-0.2, 0) is 15.7 Å². The standard InChI is InChI=1S/C14H13F6NO2/c1-22-11(6-12(23-2)14(18,19)20)9-3-8(7-21)4-10(5-9)13(15,16)17/h3-5,11-12H,6H2,1-2H3. The molecule has 0 spiro atoms. The van der Waals surface area contributed by atoms with Crippen molar-refractivity contribution < 1.29 is 35.8 Å². The van der Waals surface area contributed by atoms with Crippen molar-refractivity contribution in [2.24, 2.45) is 0 Å². The van der Waals surface area contributed by atoms with Crippen LogP contribution in [-0.4, -0.2) is 26.5 Å². The Kier molecular flexibility index (Phi) is 6.02. The van der Waals surface area contributed by atoms with Crippen molar-refractivity contribution in [1.29, 1.82) is 5.26 Å². The fraction of sp³-hybridized carbons (Fsp3) is 0.500. The summed E-state index contributed by atoms with van der Waals surface area (Å²) in [7, 11) is 1.91.